The van der Waals surface area contributed by atoms with E-state index in [1.165, 1.54) is 0 Å². The van der Waals surface area contributed by atoms with E-state index in [0.29, 0.717) is 5.69 Å². The molecule has 0 aliphatic carbocycles. The van der Waals surface area contributed by atoms with Gasteiger partial charge in [0.15, 0.2) is 0 Å². The van der Waals surface area contributed by atoms with Crippen molar-refractivity contribution in [3.8, 4) is 0 Å². The number of carboxylic acid groups (broad SMARTS) is 1. The van der Waals surface area contributed by atoms with Gasteiger partial charge >= 0.3 is 5.97 Å². The highest BCUT2D eigenvalue weighted by atomic mass is 16.6. The zero-order valence-electron chi connectivity index (χ0n) is 12.1. The van der Waals surface area contributed by atoms with Gasteiger partial charge < -0.3 is 10.0 Å². The van der Waals surface area contributed by atoms with E-state index in [4.69, 9.17) is 5.11 Å². The van der Waals surface area contributed by atoms with Gasteiger partial charge in [0, 0.05) is 12.6 Å². The minimum Gasteiger partial charge on any atom is -0.480 e. The Kier molecular flexibility index (Phi) is 5.34. The quantitative estimate of drug-likeness (QED) is 0.628. The highest BCUT2D eigenvalue weighted by molar-refractivity contribution is 5.97. The van der Waals surface area contributed by atoms with Gasteiger partial charge in [-0.05, 0) is 12.8 Å². The zero-order valence-corrected chi connectivity index (χ0v) is 12.1. The predicted octanol–water partition coefficient (Wildman–Crippen LogP) is 1.48. The van der Waals surface area contributed by atoms with Crippen LogP contribution in [-0.4, -0.2) is 44.9 Å². The normalized spacial score (nSPS) is 10.5. The second-order valence-corrected chi connectivity index (χ2v) is 5.06. The highest BCUT2D eigenvalue weighted by Gasteiger charge is 2.23. The van der Waals surface area contributed by atoms with Gasteiger partial charge in [0.05, 0.1) is 16.2 Å². The summed E-state index contributed by atoms with van der Waals surface area (Å²) < 4.78 is 0. The molecule has 8 nitrogen and oxygen atoms in total. The summed E-state index contributed by atoms with van der Waals surface area (Å²) in [5, 5.41) is 19.6. The van der Waals surface area contributed by atoms with Crippen LogP contribution in [-0.2, 0) is 4.79 Å². The van der Waals surface area contributed by atoms with Crippen molar-refractivity contribution in [2.24, 2.45) is 5.92 Å². The van der Waals surface area contributed by atoms with E-state index in [9.17, 15) is 19.7 Å². The van der Waals surface area contributed by atoms with Crippen LogP contribution >= 0.6 is 0 Å². The molecule has 0 saturated carbocycles. The average molecular weight is 295 g/mol. The van der Waals surface area contributed by atoms with Crippen molar-refractivity contribution in [1.29, 1.82) is 0 Å². The Balaban J connectivity index is 3.15. The molecule has 0 unspecified atom stereocenters. The molecule has 1 aromatic heterocycles. The fourth-order valence-corrected chi connectivity index (χ4v) is 1.83. The van der Waals surface area contributed by atoms with Crippen molar-refractivity contribution in [2.75, 3.05) is 13.1 Å². The van der Waals surface area contributed by atoms with Gasteiger partial charge in [-0.15, -0.1) is 0 Å². The molecule has 0 spiro atoms. The summed E-state index contributed by atoms with van der Waals surface area (Å²) >= 11 is 0. The zero-order chi connectivity index (χ0) is 16.2. The number of hydrogen-bond donors (Lipinski definition) is 1. The van der Waals surface area contributed by atoms with Crippen LogP contribution in [0, 0.1) is 23.0 Å². The Hall–Kier alpha value is -2.51. The van der Waals surface area contributed by atoms with Crippen LogP contribution < -0.4 is 0 Å². The van der Waals surface area contributed by atoms with Crippen LogP contribution in [0.3, 0.4) is 0 Å². The fourth-order valence-electron chi connectivity index (χ4n) is 1.83. The number of amides is 1. The summed E-state index contributed by atoms with van der Waals surface area (Å²) in [5.74, 6) is -1.64. The summed E-state index contributed by atoms with van der Waals surface area (Å²) in [5.41, 5.74) is 0.0691. The molecule has 114 valence electrons. The summed E-state index contributed by atoms with van der Waals surface area (Å²) in [6, 6.07) is 1.12. The minimum atomic E-state index is -1.14. The van der Waals surface area contributed by atoms with E-state index in [-0.39, 0.29) is 23.7 Å². The molecule has 0 atom stereocenters. The van der Waals surface area contributed by atoms with Crippen LogP contribution in [0.15, 0.2) is 12.3 Å². The maximum Gasteiger partial charge on any atom is 0.323 e. The third kappa shape index (κ3) is 4.51. The number of carbonyl (C=O) groups excluding carboxylic acids is 1. The number of nitrogens with zero attached hydrogens (tertiary/aromatic N) is 3. The van der Waals surface area contributed by atoms with Crippen LogP contribution in [0.1, 0.15) is 29.9 Å². The monoisotopic (exact) mass is 295 g/mol. The van der Waals surface area contributed by atoms with Gasteiger partial charge in [0.2, 0.25) is 0 Å². The van der Waals surface area contributed by atoms with Crippen molar-refractivity contribution in [1.82, 2.24) is 9.88 Å². The SMILES string of the molecule is Cc1ncc([N+](=O)[O-])cc1C(=O)N(CC(=O)O)CC(C)C. The Morgan fingerprint density at radius 1 is 1.48 bits per heavy atom. The van der Waals surface area contributed by atoms with Crippen molar-refractivity contribution in [3.63, 3.8) is 0 Å². The molecule has 1 amide bonds. The van der Waals surface area contributed by atoms with E-state index < -0.39 is 23.3 Å². The van der Waals surface area contributed by atoms with Gasteiger partial charge in [0.25, 0.3) is 11.6 Å². The molecule has 1 heterocycles. The topological polar surface area (TPSA) is 114 Å². The predicted molar refractivity (Wildman–Crippen MR) is 74.0 cm³/mol. The van der Waals surface area contributed by atoms with Crippen LogP contribution in [0.2, 0.25) is 0 Å². The standard InChI is InChI=1S/C13H17N3O5/c1-8(2)6-15(7-12(17)18)13(19)11-4-10(16(20)21)5-14-9(11)3/h4-5,8H,6-7H2,1-3H3,(H,17,18). The lowest BCUT2D eigenvalue weighted by molar-refractivity contribution is -0.385. The van der Waals surface area contributed by atoms with Gasteiger partial charge in [-0.1, -0.05) is 13.8 Å². The number of pyridine rings is 1. The van der Waals surface area contributed by atoms with Gasteiger partial charge in [-0.3, -0.25) is 24.7 Å². The first-order valence-electron chi connectivity index (χ1n) is 6.34. The average Bonchev–Trinajstić information content (AvgIpc) is 2.36. The van der Waals surface area contributed by atoms with Crippen molar-refractivity contribution < 1.29 is 19.6 Å². The number of carbonyl (C=O) groups is 2. The van der Waals surface area contributed by atoms with E-state index in [2.05, 4.69) is 4.98 Å². The largest absolute Gasteiger partial charge is 0.480 e. The maximum atomic E-state index is 12.4. The van der Waals surface area contributed by atoms with Crippen LogP contribution in [0.25, 0.3) is 0 Å². The number of aromatic nitrogens is 1. The first-order chi connectivity index (χ1) is 9.72. The molecule has 0 fully saturated rings. The number of hydrogen-bond acceptors (Lipinski definition) is 5. The molecule has 0 aliphatic heterocycles. The minimum absolute atomic E-state index is 0.0473. The Bertz CT molecular complexity index is 571. The highest BCUT2D eigenvalue weighted by Crippen LogP contribution is 2.17. The molecule has 1 rings (SSSR count). The summed E-state index contributed by atoms with van der Waals surface area (Å²) in [7, 11) is 0. The molecule has 1 N–H and O–H groups in total. The number of aryl methyl sites for hydroxylation is 1. The second-order valence-electron chi connectivity index (χ2n) is 5.06. The van der Waals surface area contributed by atoms with E-state index in [1.54, 1.807) is 6.92 Å². The van der Waals surface area contributed by atoms with E-state index in [0.717, 1.165) is 17.2 Å². The lowest BCUT2D eigenvalue weighted by Gasteiger charge is -2.23. The van der Waals surface area contributed by atoms with Crippen LogP contribution in [0.4, 0.5) is 5.69 Å². The van der Waals surface area contributed by atoms with Crippen molar-refractivity contribution in [3.05, 3.63) is 33.6 Å². The van der Waals surface area contributed by atoms with Gasteiger partial charge in [-0.2, -0.15) is 0 Å². The van der Waals surface area contributed by atoms with Gasteiger partial charge in [-0.25, -0.2) is 0 Å². The summed E-state index contributed by atoms with van der Waals surface area (Å²) in [6.45, 7) is 5.03. The summed E-state index contributed by atoms with van der Waals surface area (Å²) in [4.78, 5) is 38.4. The number of rotatable bonds is 6. The number of aliphatic carboxylic acids is 1. The lowest BCUT2D eigenvalue weighted by Crippen LogP contribution is -2.38. The van der Waals surface area contributed by atoms with Crippen molar-refractivity contribution >= 4 is 17.6 Å². The molecule has 8 heteroatoms. The fraction of sp³-hybridized carbons (Fsp3) is 0.462. The first kappa shape index (κ1) is 16.5. The number of nitro groups is 1. The molecule has 0 aromatic carbocycles. The number of carboxylic acids is 1. The molecule has 0 radical (unpaired) electrons. The maximum absolute atomic E-state index is 12.4. The molecule has 0 saturated heterocycles. The Morgan fingerprint density at radius 3 is 2.57 bits per heavy atom. The van der Waals surface area contributed by atoms with Crippen molar-refractivity contribution in [2.45, 2.75) is 20.8 Å². The Morgan fingerprint density at radius 2 is 2.10 bits per heavy atom. The Labute approximate surface area is 121 Å². The molecular formula is C13H17N3O5. The first-order valence-corrected chi connectivity index (χ1v) is 6.34. The molecule has 0 bridgehead atoms. The third-order valence-corrected chi connectivity index (χ3v) is 2.71. The molecular weight excluding hydrogens is 278 g/mol. The second kappa shape index (κ2) is 6.78. The lowest BCUT2D eigenvalue weighted by atomic mass is 10.1. The molecule has 1 aromatic rings. The van der Waals surface area contributed by atoms with E-state index in [1.807, 2.05) is 13.8 Å². The molecule has 21 heavy (non-hydrogen) atoms. The van der Waals surface area contributed by atoms with Gasteiger partial charge in [0.1, 0.15) is 12.7 Å². The van der Waals surface area contributed by atoms with E-state index >= 15 is 0 Å². The van der Waals surface area contributed by atoms with Crippen LogP contribution in [0.5, 0.6) is 0 Å². The molecule has 0 aliphatic rings. The summed E-state index contributed by atoms with van der Waals surface area (Å²) in [6.07, 6.45) is 1.07. The third-order valence-electron chi connectivity index (χ3n) is 2.71. The smallest absolute Gasteiger partial charge is 0.323 e.